The van der Waals surface area contributed by atoms with Crippen LogP contribution in [0.15, 0.2) is 11.5 Å². The molecule has 0 N–H and O–H groups in total. The second-order valence-electron chi connectivity index (χ2n) is 8.61. The van der Waals surface area contributed by atoms with Crippen molar-refractivity contribution in [3.8, 4) is 0 Å². The third kappa shape index (κ3) is 4.10. The molecule has 0 aromatic rings. The topological polar surface area (TPSA) is 48.0 Å². The number of amides is 1. The number of likely N-dealkylation sites (tertiary alicyclic amines) is 1. The fourth-order valence-electron chi connectivity index (χ4n) is 2.76. The summed E-state index contributed by atoms with van der Waals surface area (Å²) in [5, 5.41) is 0. The van der Waals surface area contributed by atoms with Crippen LogP contribution in [-0.4, -0.2) is 47.5 Å². The van der Waals surface area contributed by atoms with Crippen molar-refractivity contribution >= 4 is 13.2 Å². The fraction of sp³-hybridized carbons (Fsp3) is 0.824. The normalized spacial score (nSPS) is 28.5. The monoisotopic (exact) mass is 323 g/mol. The molecule has 0 radical (unpaired) electrons. The van der Waals surface area contributed by atoms with Crippen molar-refractivity contribution in [2.24, 2.45) is 0 Å². The van der Waals surface area contributed by atoms with Crippen molar-refractivity contribution in [3.63, 3.8) is 0 Å². The number of hydrogen-bond donors (Lipinski definition) is 0. The van der Waals surface area contributed by atoms with Crippen LogP contribution in [0, 0.1) is 0 Å². The van der Waals surface area contributed by atoms with Crippen LogP contribution in [0.5, 0.6) is 0 Å². The van der Waals surface area contributed by atoms with Crippen molar-refractivity contribution in [3.05, 3.63) is 11.5 Å². The third-order valence-corrected chi connectivity index (χ3v) is 4.73. The van der Waals surface area contributed by atoms with E-state index in [9.17, 15) is 4.79 Å². The Balaban J connectivity index is 2.03. The first-order valence-corrected chi connectivity index (χ1v) is 8.35. The van der Waals surface area contributed by atoms with Crippen LogP contribution in [-0.2, 0) is 14.0 Å². The highest BCUT2D eigenvalue weighted by molar-refractivity contribution is 6.51. The van der Waals surface area contributed by atoms with Gasteiger partial charge in [-0.15, -0.1) is 0 Å². The number of rotatable bonds is 1. The molecule has 1 amide bonds. The van der Waals surface area contributed by atoms with Gasteiger partial charge in [0.25, 0.3) is 0 Å². The summed E-state index contributed by atoms with van der Waals surface area (Å²) in [4.78, 5) is 14.0. The van der Waals surface area contributed by atoms with Gasteiger partial charge in [0.2, 0.25) is 0 Å². The molecule has 5 nitrogen and oxygen atoms in total. The molecule has 2 heterocycles. The second kappa shape index (κ2) is 5.81. The van der Waals surface area contributed by atoms with Crippen LogP contribution >= 0.6 is 0 Å². The van der Waals surface area contributed by atoms with Gasteiger partial charge in [0.05, 0.1) is 11.2 Å². The van der Waals surface area contributed by atoms with E-state index in [1.165, 1.54) is 0 Å². The molecule has 0 saturated carbocycles. The Bertz CT molecular complexity index is 491. The molecule has 2 fully saturated rings. The lowest BCUT2D eigenvalue weighted by molar-refractivity contribution is 0.00578. The number of ether oxygens (including phenoxy) is 1. The van der Waals surface area contributed by atoms with Gasteiger partial charge in [0.1, 0.15) is 5.60 Å². The summed E-state index contributed by atoms with van der Waals surface area (Å²) in [5.41, 5.74) is -0.00960. The Morgan fingerprint density at radius 3 is 2.26 bits per heavy atom. The van der Waals surface area contributed by atoms with Gasteiger partial charge in [-0.3, -0.25) is 0 Å². The predicted octanol–water partition coefficient (Wildman–Crippen LogP) is 3.57. The molecule has 2 aliphatic heterocycles. The molecular formula is C17H30BNO4. The Morgan fingerprint density at radius 1 is 1.26 bits per heavy atom. The fourth-order valence-corrected chi connectivity index (χ4v) is 2.76. The minimum absolute atomic E-state index is 0.124. The average Bonchev–Trinajstić information content (AvgIpc) is 2.74. The summed E-state index contributed by atoms with van der Waals surface area (Å²) in [6.45, 7) is 16.4. The van der Waals surface area contributed by atoms with Crippen molar-refractivity contribution < 1.29 is 18.8 Å². The first-order chi connectivity index (χ1) is 10.3. The lowest BCUT2D eigenvalue weighted by Crippen LogP contribution is -2.41. The molecule has 23 heavy (non-hydrogen) atoms. The van der Waals surface area contributed by atoms with Crippen molar-refractivity contribution in [1.29, 1.82) is 0 Å². The summed E-state index contributed by atoms with van der Waals surface area (Å²) >= 11 is 0. The minimum atomic E-state index is -0.477. The number of carbonyl (C=O) groups is 1. The van der Waals surface area contributed by atoms with E-state index in [-0.39, 0.29) is 30.5 Å². The molecule has 0 spiro atoms. The van der Waals surface area contributed by atoms with E-state index in [4.69, 9.17) is 14.0 Å². The van der Waals surface area contributed by atoms with Crippen LogP contribution in [0.4, 0.5) is 4.79 Å². The Hall–Kier alpha value is -1.01. The zero-order valence-electron chi connectivity index (χ0n) is 15.7. The van der Waals surface area contributed by atoms with E-state index in [0.717, 1.165) is 12.0 Å². The van der Waals surface area contributed by atoms with Crippen LogP contribution in [0.25, 0.3) is 0 Å². The van der Waals surface area contributed by atoms with E-state index >= 15 is 0 Å². The SMILES string of the molecule is C[C@@H]1CC(=CB2OC(C)(C)C(C)(C)O2)CN1C(=O)OC(C)(C)C. The maximum atomic E-state index is 12.3. The highest BCUT2D eigenvalue weighted by Crippen LogP contribution is 2.37. The van der Waals surface area contributed by atoms with Gasteiger partial charge < -0.3 is 18.9 Å². The van der Waals surface area contributed by atoms with Gasteiger partial charge in [0, 0.05) is 12.6 Å². The average molecular weight is 323 g/mol. The Kier molecular flexibility index (Phi) is 4.64. The molecule has 0 aromatic heterocycles. The smallest absolute Gasteiger partial charge is 0.444 e. The zero-order valence-corrected chi connectivity index (χ0v) is 15.7. The molecule has 130 valence electrons. The molecule has 0 bridgehead atoms. The predicted molar refractivity (Wildman–Crippen MR) is 91.2 cm³/mol. The summed E-state index contributed by atoms with van der Waals surface area (Å²) < 4.78 is 17.5. The van der Waals surface area contributed by atoms with Gasteiger partial charge >= 0.3 is 13.2 Å². The highest BCUT2D eigenvalue weighted by Gasteiger charge is 2.50. The molecule has 2 rings (SSSR count). The number of nitrogens with zero attached hydrogens (tertiary/aromatic N) is 1. The Morgan fingerprint density at radius 2 is 1.78 bits per heavy atom. The minimum Gasteiger partial charge on any atom is -0.444 e. The molecule has 6 heteroatoms. The standard InChI is InChI=1S/C17H30BNO4/c1-12-9-13(11-19(12)14(20)21-15(2,3)4)10-18-22-16(5,6)17(7,8)23-18/h10,12H,9,11H2,1-8H3/t12-/m1/s1. The number of hydrogen-bond acceptors (Lipinski definition) is 4. The highest BCUT2D eigenvalue weighted by atomic mass is 16.7. The summed E-state index contributed by atoms with van der Waals surface area (Å²) in [7, 11) is -0.360. The molecule has 0 aliphatic carbocycles. The van der Waals surface area contributed by atoms with Gasteiger partial charge in [-0.2, -0.15) is 0 Å². The van der Waals surface area contributed by atoms with Crippen LogP contribution in [0.3, 0.4) is 0 Å². The van der Waals surface area contributed by atoms with Gasteiger partial charge in [-0.25, -0.2) is 4.79 Å². The molecule has 2 saturated heterocycles. The summed E-state index contributed by atoms with van der Waals surface area (Å²) in [5.74, 6) is 2.01. The van der Waals surface area contributed by atoms with Crippen molar-refractivity contribution in [1.82, 2.24) is 4.90 Å². The van der Waals surface area contributed by atoms with Crippen molar-refractivity contribution in [2.75, 3.05) is 6.54 Å². The van der Waals surface area contributed by atoms with E-state index < -0.39 is 5.60 Å². The van der Waals surface area contributed by atoms with E-state index in [1.54, 1.807) is 4.90 Å². The quantitative estimate of drug-likeness (QED) is 0.692. The summed E-state index contributed by atoms with van der Waals surface area (Å²) in [6, 6.07) is 0.124. The van der Waals surface area contributed by atoms with Gasteiger partial charge in [-0.1, -0.05) is 11.5 Å². The van der Waals surface area contributed by atoms with E-state index in [2.05, 4.69) is 0 Å². The molecular weight excluding hydrogens is 293 g/mol. The maximum Gasteiger partial charge on any atom is 0.487 e. The zero-order chi connectivity index (χ0) is 17.6. The lowest BCUT2D eigenvalue weighted by Gasteiger charge is -2.32. The maximum absolute atomic E-state index is 12.3. The van der Waals surface area contributed by atoms with E-state index in [1.807, 2.05) is 61.4 Å². The van der Waals surface area contributed by atoms with Crippen molar-refractivity contribution in [2.45, 2.75) is 84.7 Å². The number of carbonyl (C=O) groups excluding carboxylic acids is 1. The van der Waals surface area contributed by atoms with Gasteiger partial charge in [-0.05, 0) is 61.8 Å². The summed E-state index contributed by atoms with van der Waals surface area (Å²) in [6.07, 6.45) is 0.561. The van der Waals surface area contributed by atoms with Crippen LogP contribution in [0.2, 0.25) is 0 Å². The first-order valence-electron chi connectivity index (χ1n) is 8.35. The van der Waals surface area contributed by atoms with E-state index in [0.29, 0.717) is 6.54 Å². The molecule has 0 unspecified atom stereocenters. The van der Waals surface area contributed by atoms with Crippen LogP contribution < -0.4 is 0 Å². The lowest BCUT2D eigenvalue weighted by atomic mass is 9.86. The Labute approximate surface area is 140 Å². The first kappa shape index (κ1) is 18.3. The largest absolute Gasteiger partial charge is 0.487 e. The molecule has 2 aliphatic rings. The van der Waals surface area contributed by atoms with Gasteiger partial charge in [0.15, 0.2) is 0 Å². The van der Waals surface area contributed by atoms with Crippen LogP contribution in [0.1, 0.15) is 61.8 Å². The molecule has 0 aromatic carbocycles. The third-order valence-electron chi connectivity index (χ3n) is 4.73. The molecule has 1 atom stereocenters. The second-order valence-corrected chi connectivity index (χ2v) is 8.61.